The largest absolute Gasteiger partial charge is 0.392 e. The van der Waals surface area contributed by atoms with Gasteiger partial charge in [0.1, 0.15) is 11.6 Å². The van der Waals surface area contributed by atoms with Gasteiger partial charge in [-0.25, -0.2) is 9.37 Å². The van der Waals surface area contributed by atoms with E-state index in [0.29, 0.717) is 31.1 Å². The molecule has 4 nitrogen and oxygen atoms in total. The van der Waals surface area contributed by atoms with Crippen LogP contribution in [0.25, 0.3) is 0 Å². The highest BCUT2D eigenvalue weighted by molar-refractivity contribution is 5.45. The van der Waals surface area contributed by atoms with Gasteiger partial charge in [0.25, 0.3) is 0 Å². The van der Waals surface area contributed by atoms with Crippen molar-refractivity contribution in [2.75, 3.05) is 31.7 Å². The van der Waals surface area contributed by atoms with Crippen LogP contribution in [0, 0.1) is 5.82 Å². The van der Waals surface area contributed by atoms with Gasteiger partial charge in [-0.15, -0.1) is 0 Å². The number of halogens is 1. The maximum Gasteiger partial charge on any atom is 0.142 e. The van der Waals surface area contributed by atoms with Crippen LogP contribution in [0.1, 0.15) is 12.5 Å². The Hall–Kier alpha value is -1.20. The number of rotatable bonds is 6. The van der Waals surface area contributed by atoms with Gasteiger partial charge in [0.2, 0.25) is 0 Å². The van der Waals surface area contributed by atoms with Crippen molar-refractivity contribution in [2.45, 2.75) is 13.5 Å². The smallest absolute Gasteiger partial charge is 0.142 e. The highest BCUT2D eigenvalue weighted by atomic mass is 19.1. The molecule has 1 heterocycles. The van der Waals surface area contributed by atoms with Gasteiger partial charge in [-0.2, -0.15) is 0 Å². The van der Waals surface area contributed by atoms with E-state index in [4.69, 9.17) is 9.84 Å². The summed E-state index contributed by atoms with van der Waals surface area (Å²) in [5.74, 6) is 0.148. The molecule has 0 fully saturated rings. The molecular weight excluding hydrogens is 211 g/mol. The monoisotopic (exact) mass is 228 g/mol. The fourth-order valence-electron chi connectivity index (χ4n) is 1.39. The van der Waals surface area contributed by atoms with Gasteiger partial charge < -0.3 is 14.7 Å². The third-order valence-electron chi connectivity index (χ3n) is 2.22. The second-order valence-corrected chi connectivity index (χ2v) is 3.41. The molecule has 1 aromatic rings. The SMILES string of the molecule is CCOCCN(C)c1ncc(F)cc1CO. The van der Waals surface area contributed by atoms with E-state index in [1.165, 1.54) is 6.07 Å². The third kappa shape index (κ3) is 3.43. The van der Waals surface area contributed by atoms with Gasteiger partial charge in [0.05, 0.1) is 19.4 Å². The van der Waals surface area contributed by atoms with Crippen LogP contribution in [-0.2, 0) is 11.3 Å². The van der Waals surface area contributed by atoms with Crippen molar-refractivity contribution in [1.82, 2.24) is 4.98 Å². The maximum absolute atomic E-state index is 12.9. The number of hydrogen-bond acceptors (Lipinski definition) is 4. The van der Waals surface area contributed by atoms with Gasteiger partial charge in [0, 0.05) is 25.8 Å². The molecule has 0 aliphatic carbocycles. The Morgan fingerprint density at radius 3 is 2.94 bits per heavy atom. The molecule has 0 spiro atoms. The van der Waals surface area contributed by atoms with Crippen LogP contribution in [0.2, 0.25) is 0 Å². The zero-order valence-corrected chi connectivity index (χ0v) is 9.61. The van der Waals surface area contributed by atoms with Crippen molar-refractivity contribution in [3.63, 3.8) is 0 Å². The first-order valence-electron chi connectivity index (χ1n) is 5.23. The van der Waals surface area contributed by atoms with Gasteiger partial charge in [-0.3, -0.25) is 0 Å². The Morgan fingerprint density at radius 2 is 2.31 bits per heavy atom. The summed E-state index contributed by atoms with van der Waals surface area (Å²) in [5.41, 5.74) is 0.485. The lowest BCUT2D eigenvalue weighted by Crippen LogP contribution is -2.24. The van der Waals surface area contributed by atoms with Crippen LogP contribution in [0.5, 0.6) is 0 Å². The number of likely N-dealkylation sites (N-methyl/N-ethyl adjacent to an activating group) is 1. The molecule has 0 radical (unpaired) electrons. The van der Waals surface area contributed by atoms with Gasteiger partial charge in [-0.1, -0.05) is 0 Å². The second kappa shape index (κ2) is 6.40. The summed E-state index contributed by atoms with van der Waals surface area (Å²) < 4.78 is 18.1. The summed E-state index contributed by atoms with van der Waals surface area (Å²) >= 11 is 0. The first kappa shape index (κ1) is 12.9. The lowest BCUT2D eigenvalue weighted by atomic mass is 10.2. The highest BCUT2D eigenvalue weighted by Gasteiger charge is 2.09. The number of nitrogens with zero attached hydrogens (tertiary/aromatic N) is 2. The summed E-state index contributed by atoms with van der Waals surface area (Å²) in [7, 11) is 1.83. The predicted octanol–water partition coefficient (Wildman–Crippen LogP) is 1.19. The number of ether oxygens (including phenoxy) is 1. The minimum atomic E-state index is -0.439. The molecule has 1 N–H and O–H groups in total. The van der Waals surface area contributed by atoms with E-state index in [2.05, 4.69) is 4.98 Å². The van der Waals surface area contributed by atoms with Crippen molar-refractivity contribution in [3.8, 4) is 0 Å². The summed E-state index contributed by atoms with van der Waals surface area (Å²) in [6, 6.07) is 1.29. The normalized spacial score (nSPS) is 10.5. The van der Waals surface area contributed by atoms with Crippen LogP contribution in [0.4, 0.5) is 10.2 Å². The van der Waals surface area contributed by atoms with Crippen molar-refractivity contribution in [2.24, 2.45) is 0 Å². The first-order valence-corrected chi connectivity index (χ1v) is 5.23. The highest BCUT2D eigenvalue weighted by Crippen LogP contribution is 2.16. The third-order valence-corrected chi connectivity index (χ3v) is 2.22. The Bertz CT molecular complexity index is 334. The summed E-state index contributed by atoms with van der Waals surface area (Å²) in [4.78, 5) is 5.80. The number of aliphatic hydroxyl groups excluding tert-OH is 1. The first-order chi connectivity index (χ1) is 7.69. The Labute approximate surface area is 94.7 Å². The van der Waals surface area contributed by atoms with Crippen molar-refractivity contribution >= 4 is 5.82 Å². The average Bonchev–Trinajstić information content (AvgIpc) is 2.29. The van der Waals surface area contributed by atoms with Crippen molar-refractivity contribution < 1.29 is 14.2 Å². The minimum absolute atomic E-state index is 0.223. The number of aliphatic hydroxyl groups is 1. The molecule has 1 aromatic heterocycles. The number of anilines is 1. The zero-order valence-electron chi connectivity index (χ0n) is 9.61. The predicted molar refractivity (Wildman–Crippen MR) is 59.9 cm³/mol. The lowest BCUT2D eigenvalue weighted by Gasteiger charge is -2.20. The van der Waals surface area contributed by atoms with E-state index in [1.54, 1.807) is 0 Å². The van der Waals surface area contributed by atoms with Crippen LogP contribution < -0.4 is 4.90 Å². The number of hydrogen-bond donors (Lipinski definition) is 1. The van der Waals surface area contributed by atoms with E-state index in [1.807, 2.05) is 18.9 Å². The van der Waals surface area contributed by atoms with E-state index in [-0.39, 0.29) is 6.61 Å². The maximum atomic E-state index is 12.9. The Kier molecular flexibility index (Phi) is 5.14. The summed E-state index contributed by atoms with van der Waals surface area (Å²) in [6.45, 7) is 3.60. The van der Waals surface area contributed by atoms with Gasteiger partial charge in [-0.05, 0) is 13.0 Å². The number of pyridine rings is 1. The molecule has 16 heavy (non-hydrogen) atoms. The van der Waals surface area contributed by atoms with Crippen LogP contribution in [-0.4, -0.2) is 36.9 Å². The van der Waals surface area contributed by atoms with Crippen LogP contribution in [0.3, 0.4) is 0 Å². The van der Waals surface area contributed by atoms with Crippen molar-refractivity contribution in [3.05, 3.63) is 23.6 Å². The van der Waals surface area contributed by atoms with E-state index < -0.39 is 5.82 Å². The number of aromatic nitrogens is 1. The van der Waals surface area contributed by atoms with E-state index in [0.717, 1.165) is 6.20 Å². The average molecular weight is 228 g/mol. The van der Waals surface area contributed by atoms with Gasteiger partial charge >= 0.3 is 0 Å². The molecule has 0 aliphatic heterocycles. The molecule has 0 bridgehead atoms. The molecule has 0 aliphatic rings. The molecule has 0 saturated heterocycles. The topological polar surface area (TPSA) is 45.6 Å². The molecule has 0 saturated carbocycles. The van der Waals surface area contributed by atoms with Crippen molar-refractivity contribution in [1.29, 1.82) is 0 Å². The molecule has 0 unspecified atom stereocenters. The quantitative estimate of drug-likeness (QED) is 0.743. The Balaban J connectivity index is 2.70. The van der Waals surface area contributed by atoms with E-state index in [9.17, 15) is 4.39 Å². The standard InChI is InChI=1S/C11H17FN2O2/c1-3-16-5-4-14(2)11-9(8-15)6-10(12)7-13-11/h6-7,15H,3-5,8H2,1-2H3. The minimum Gasteiger partial charge on any atom is -0.392 e. The fourth-order valence-corrected chi connectivity index (χ4v) is 1.39. The molecular formula is C11H17FN2O2. The molecule has 0 atom stereocenters. The molecule has 0 aromatic carbocycles. The molecule has 0 amide bonds. The molecule has 90 valence electrons. The van der Waals surface area contributed by atoms with E-state index >= 15 is 0 Å². The summed E-state index contributed by atoms with van der Waals surface area (Å²) in [6.07, 6.45) is 1.14. The second-order valence-electron chi connectivity index (χ2n) is 3.41. The summed E-state index contributed by atoms with van der Waals surface area (Å²) in [5, 5.41) is 9.10. The van der Waals surface area contributed by atoms with Gasteiger partial charge in [0.15, 0.2) is 0 Å². The molecule has 5 heteroatoms. The van der Waals surface area contributed by atoms with Crippen LogP contribution in [0.15, 0.2) is 12.3 Å². The molecule has 1 rings (SSSR count). The zero-order chi connectivity index (χ0) is 12.0. The lowest BCUT2D eigenvalue weighted by molar-refractivity contribution is 0.154. The van der Waals surface area contributed by atoms with Crippen LogP contribution >= 0.6 is 0 Å². The fraction of sp³-hybridized carbons (Fsp3) is 0.545. The Morgan fingerprint density at radius 1 is 1.56 bits per heavy atom.